The Hall–Kier alpha value is -1.85. The number of allylic oxidation sites excluding steroid dienone is 2. The van der Waals surface area contributed by atoms with Crippen LogP contribution in [0.1, 0.15) is 40.6 Å². The molecule has 0 aromatic heterocycles. The molecule has 3 aromatic carbocycles. The summed E-state index contributed by atoms with van der Waals surface area (Å²) in [5.74, 6) is 1.96. The molecule has 0 radical (unpaired) electrons. The summed E-state index contributed by atoms with van der Waals surface area (Å²) >= 11 is 22.5. The largest absolute Gasteiger partial charge is 0.493 e. The first-order chi connectivity index (χ1) is 16.4. The fourth-order valence-electron chi connectivity index (χ4n) is 4.98. The van der Waals surface area contributed by atoms with Crippen LogP contribution in [0.2, 0.25) is 15.1 Å². The molecule has 3 aromatic rings. The molecule has 7 heteroatoms. The molecule has 5 rings (SSSR count). The number of benzene rings is 3. The van der Waals surface area contributed by atoms with E-state index in [4.69, 9.17) is 44.3 Å². The minimum Gasteiger partial charge on any atom is -0.493 e. The molecule has 0 fully saturated rings. The van der Waals surface area contributed by atoms with E-state index in [2.05, 4.69) is 58.5 Å². The molecule has 1 N–H and O–H groups in total. The topological polar surface area (TPSA) is 30.5 Å². The zero-order chi connectivity index (χ0) is 24.0. The Morgan fingerprint density at radius 2 is 1.82 bits per heavy atom. The molecular weight excluding hydrogens is 557 g/mol. The van der Waals surface area contributed by atoms with Crippen LogP contribution in [0.15, 0.2) is 59.1 Å². The van der Waals surface area contributed by atoms with E-state index in [9.17, 15) is 0 Å². The highest BCUT2D eigenvalue weighted by molar-refractivity contribution is 9.10. The van der Waals surface area contributed by atoms with Crippen LogP contribution in [0, 0.1) is 12.8 Å². The first-order valence-electron chi connectivity index (χ1n) is 11.0. The zero-order valence-electron chi connectivity index (χ0n) is 18.7. The maximum Gasteiger partial charge on any atom is 0.175 e. The molecule has 1 aliphatic heterocycles. The van der Waals surface area contributed by atoms with Gasteiger partial charge in [-0.1, -0.05) is 59.1 Å². The van der Waals surface area contributed by atoms with Gasteiger partial charge in [0.05, 0.1) is 27.7 Å². The Morgan fingerprint density at radius 1 is 1.03 bits per heavy atom. The van der Waals surface area contributed by atoms with Crippen LogP contribution < -0.4 is 14.8 Å². The Kier molecular flexibility index (Phi) is 6.78. The van der Waals surface area contributed by atoms with Gasteiger partial charge in [-0.15, -0.1) is 0 Å². The van der Waals surface area contributed by atoms with E-state index in [-0.39, 0.29) is 12.0 Å². The number of anilines is 1. The number of methoxy groups -OCH3 is 1. The SMILES string of the molecule is COc1cc([C@@H]2Nc3c(C)ccc(Cl)c3[C@@H]3C=CC[C@@H]32)cc(Br)c1OCc1ccc(Cl)c(Cl)c1. The summed E-state index contributed by atoms with van der Waals surface area (Å²) in [5.41, 5.74) is 5.57. The highest BCUT2D eigenvalue weighted by Crippen LogP contribution is 2.53. The number of aryl methyl sites for hydroxylation is 1. The third-order valence-electron chi connectivity index (χ3n) is 6.65. The standard InChI is InChI=1S/C27H23BrCl3NO2/c1-14-6-8-21(30)24-17-4-3-5-18(17)26(32-25(14)24)16-11-19(28)27(23(12-16)33-2)34-13-15-7-9-20(29)22(31)10-15/h3-4,6-12,17-18,26,32H,5,13H2,1-2H3/t17-,18+,26+/m1/s1. The normalized spacial score (nSPS) is 20.5. The van der Waals surface area contributed by atoms with Crippen molar-refractivity contribution in [1.82, 2.24) is 0 Å². The number of ether oxygens (including phenoxy) is 2. The summed E-state index contributed by atoms with van der Waals surface area (Å²) in [6.45, 7) is 2.46. The van der Waals surface area contributed by atoms with Crippen LogP contribution in [0.4, 0.5) is 5.69 Å². The molecule has 0 amide bonds. The van der Waals surface area contributed by atoms with E-state index < -0.39 is 0 Å². The summed E-state index contributed by atoms with van der Waals surface area (Å²) in [6.07, 6.45) is 5.55. The second kappa shape index (κ2) is 9.66. The van der Waals surface area contributed by atoms with Gasteiger partial charge in [-0.3, -0.25) is 0 Å². The lowest BCUT2D eigenvalue weighted by Crippen LogP contribution is -2.30. The van der Waals surface area contributed by atoms with Crippen molar-refractivity contribution < 1.29 is 9.47 Å². The van der Waals surface area contributed by atoms with Gasteiger partial charge in [-0.05, 0) is 82.2 Å². The third kappa shape index (κ3) is 4.30. The molecule has 176 valence electrons. The number of rotatable bonds is 5. The van der Waals surface area contributed by atoms with Crippen molar-refractivity contribution in [2.24, 2.45) is 5.92 Å². The van der Waals surface area contributed by atoms with Crippen molar-refractivity contribution in [3.8, 4) is 11.5 Å². The third-order valence-corrected chi connectivity index (χ3v) is 8.31. The van der Waals surface area contributed by atoms with Gasteiger partial charge in [0.2, 0.25) is 0 Å². The van der Waals surface area contributed by atoms with Crippen LogP contribution >= 0.6 is 50.7 Å². The quantitative estimate of drug-likeness (QED) is 0.306. The second-order valence-corrected chi connectivity index (χ2v) is 10.8. The van der Waals surface area contributed by atoms with Gasteiger partial charge in [0.25, 0.3) is 0 Å². The van der Waals surface area contributed by atoms with E-state index in [1.165, 1.54) is 11.1 Å². The van der Waals surface area contributed by atoms with E-state index in [0.717, 1.165) is 32.7 Å². The minimum absolute atomic E-state index is 0.110. The summed E-state index contributed by atoms with van der Waals surface area (Å²) in [5, 5.41) is 5.63. The summed E-state index contributed by atoms with van der Waals surface area (Å²) in [4.78, 5) is 0. The van der Waals surface area contributed by atoms with E-state index >= 15 is 0 Å². The molecule has 0 saturated carbocycles. The van der Waals surface area contributed by atoms with Crippen molar-refractivity contribution in [2.45, 2.75) is 31.9 Å². The number of hydrogen-bond donors (Lipinski definition) is 1. The number of halogens is 4. The molecule has 2 aliphatic rings. The molecular formula is C27H23BrCl3NO2. The van der Waals surface area contributed by atoms with Crippen LogP contribution in [0.5, 0.6) is 11.5 Å². The maximum absolute atomic E-state index is 6.64. The summed E-state index contributed by atoms with van der Waals surface area (Å²) in [7, 11) is 1.66. The molecule has 34 heavy (non-hydrogen) atoms. The van der Waals surface area contributed by atoms with Gasteiger partial charge < -0.3 is 14.8 Å². The summed E-state index contributed by atoms with van der Waals surface area (Å²) < 4.78 is 12.7. The Bertz CT molecular complexity index is 1290. The molecule has 3 atom stereocenters. The fourth-order valence-corrected chi connectivity index (χ4v) is 6.16. The molecule has 0 spiro atoms. The van der Waals surface area contributed by atoms with Crippen LogP contribution in [0.25, 0.3) is 0 Å². The first-order valence-corrected chi connectivity index (χ1v) is 13.0. The molecule has 3 nitrogen and oxygen atoms in total. The van der Waals surface area contributed by atoms with Gasteiger partial charge in [0.1, 0.15) is 6.61 Å². The lowest BCUT2D eigenvalue weighted by Gasteiger charge is -2.39. The first kappa shape index (κ1) is 23.9. The van der Waals surface area contributed by atoms with Crippen molar-refractivity contribution >= 4 is 56.4 Å². The second-order valence-electron chi connectivity index (χ2n) is 8.70. The van der Waals surface area contributed by atoms with Crippen LogP contribution in [-0.2, 0) is 6.61 Å². The van der Waals surface area contributed by atoms with Crippen molar-refractivity contribution in [3.63, 3.8) is 0 Å². The van der Waals surface area contributed by atoms with Crippen molar-refractivity contribution in [2.75, 3.05) is 12.4 Å². The zero-order valence-corrected chi connectivity index (χ0v) is 22.5. The van der Waals surface area contributed by atoms with Gasteiger partial charge in [0.15, 0.2) is 11.5 Å². The lowest BCUT2D eigenvalue weighted by atomic mass is 9.76. The number of fused-ring (bicyclic) bond motifs is 3. The minimum atomic E-state index is 0.110. The lowest BCUT2D eigenvalue weighted by molar-refractivity contribution is 0.282. The van der Waals surface area contributed by atoms with Crippen LogP contribution in [0.3, 0.4) is 0 Å². The average Bonchev–Trinajstić information content (AvgIpc) is 3.31. The Balaban J connectivity index is 1.47. The highest BCUT2D eigenvalue weighted by atomic mass is 79.9. The monoisotopic (exact) mass is 577 g/mol. The number of hydrogen-bond acceptors (Lipinski definition) is 3. The molecule has 0 unspecified atom stereocenters. The van der Waals surface area contributed by atoms with Crippen LogP contribution in [-0.4, -0.2) is 7.11 Å². The van der Waals surface area contributed by atoms with E-state index in [1.54, 1.807) is 13.2 Å². The molecule has 1 heterocycles. The summed E-state index contributed by atoms with van der Waals surface area (Å²) in [6, 6.07) is 13.8. The highest BCUT2D eigenvalue weighted by Gasteiger charge is 2.40. The maximum atomic E-state index is 6.64. The van der Waals surface area contributed by atoms with E-state index in [1.807, 2.05) is 18.2 Å². The predicted molar refractivity (Wildman–Crippen MR) is 144 cm³/mol. The fraction of sp³-hybridized carbons (Fsp3) is 0.259. The Morgan fingerprint density at radius 3 is 2.59 bits per heavy atom. The average molecular weight is 580 g/mol. The van der Waals surface area contributed by atoms with Crippen molar-refractivity contribution in [3.05, 3.63) is 96.4 Å². The molecule has 1 aliphatic carbocycles. The van der Waals surface area contributed by atoms with Crippen molar-refractivity contribution in [1.29, 1.82) is 0 Å². The van der Waals surface area contributed by atoms with Gasteiger partial charge in [0, 0.05) is 22.2 Å². The predicted octanol–water partition coefficient (Wildman–Crippen LogP) is 9.13. The smallest absolute Gasteiger partial charge is 0.175 e. The van der Waals surface area contributed by atoms with Gasteiger partial charge in [-0.25, -0.2) is 0 Å². The molecule has 0 bridgehead atoms. The van der Waals surface area contributed by atoms with Gasteiger partial charge in [-0.2, -0.15) is 0 Å². The Labute approximate surface area is 223 Å². The van der Waals surface area contributed by atoms with E-state index in [0.29, 0.717) is 34.1 Å². The van der Waals surface area contributed by atoms with Gasteiger partial charge >= 0.3 is 0 Å². The molecule has 0 saturated heterocycles. The number of nitrogens with one attached hydrogen (secondary N) is 1.